The maximum absolute atomic E-state index is 5.97. The summed E-state index contributed by atoms with van der Waals surface area (Å²) in [5.41, 5.74) is 2.85. The zero-order valence-corrected chi connectivity index (χ0v) is 12.8. The van der Waals surface area contributed by atoms with Gasteiger partial charge in [0.05, 0.1) is 13.2 Å². The fraction of sp³-hybridized carbons (Fsp3) is 0.267. The number of pyridine rings is 1. The molecule has 1 fully saturated rings. The lowest BCUT2D eigenvalue weighted by atomic mass is 9.91. The third-order valence-corrected chi connectivity index (χ3v) is 3.87. The van der Waals surface area contributed by atoms with E-state index in [1.54, 1.807) is 6.20 Å². The maximum atomic E-state index is 5.97. The Bertz CT molecular complexity index is 643. The number of hydrogen-bond acceptors (Lipinski definition) is 4. The molecule has 2 aromatic rings. The highest BCUT2D eigenvalue weighted by atomic mass is 35.5. The van der Waals surface area contributed by atoms with Crippen LogP contribution in [0.15, 0.2) is 36.5 Å². The van der Waals surface area contributed by atoms with Crippen molar-refractivity contribution in [1.82, 2.24) is 4.98 Å². The molecule has 0 spiro atoms. The van der Waals surface area contributed by atoms with Crippen LogP contribution in [-0.2, 0) is 15.3 Å². The third kappa shape index (κ3) is 2.53. The van der Waals surface area contributed by atoms with Crippen molar-refractivity contribution in [3.05, 3.63) is 52.7 Å². The standard InChI is InChI=1S/C15H16BClN2O2/c1-18-14-13(16)8-11(9-19-14)15(20-6-7-21-15)10-2-4-12(17)5-3-10/h2-5,8-9H,6-7,16H2,1H3,(H,18,19). The van der Waals surface area contributed by atoms with Crippen LogP contribution in [-0.4, -0.2) is 33.1 Å². The number of rotatable bonds is 3. The number of aromatic nitrogens is 1. The summed E-state index contributed by atoms with van der Waals surface area (Å²) >= 11 is 5.97. The fourth-order valence-electron chi connectivity index (χ4n) is 2.60. The zero-order valence-electron chi connectivity index (χ0n) is 12.0. The molecule has 21 heavy (non-hydrogen) atoms. The van der Waals surface area contributed by atoms with Crippen molar-refractivity contribution in [1.29, 1.82) is 0 Å². The predicted octanol–water partition coefficient (Wildman–Crippen LogP) is 1.28. The molecule has 1 aliphatic rings. The molecule has 4 nitrogen and oxygen atoms in total. The van der Waals surface area contributed by atoms with Gasteiger partial charge in [0.2, 0.25) is 5.79 Å². The van der Waals surface area contributed by atoms with Gasteiger partial charge in [0.1, 0.15) is 13.7 Å². The minimum Gasteiger partial charge on any atom is -0.374 e. The molecule has 0 bridgehead atoms. The van der Waals surface area contributed by atoms with Crippen LogP contribution in [0.1, 0.15) is 11.1 Å². The first-order valence-corrected chi connectivity index (χ1v) is 7.22. The molecule has 0 unspecified atom stereocenters. The second kappa shape index (κ2) is 5.68. The van der Waals surface area contributed by atoms with Crippen molar-refractivity contribution in [2.75, 3.05) is 25.6 Å². The molecule has 0 radical (unpaired) electrons. The predicted molar refractivity (Wildman–Crippen MR) is 86.1 cm³/mol. The first kappa shape index (κ1) is 14.4. The molecule has 1 aromatic heterocycles. The molecule has 0 atom stereocenters. The van der Waals surface area contributed by atoms with Crippen LogP contribution in [0, 0.1) is 0 Å². The molecule has 3 rings (SSSR count). The number of anilines is 1. The molecule has 2 heterocycles. The summed E-state index contributed by atoms with van der Waals surface area (Å²) in [4.78, 5) is 4.43. The van der Waals surface area contributed by atoms with Crippen molar-refractivity contribution in [2.45, 2.75) is 5.79 Å². The molecule has 1 N–H and O–H groups in total. The first-order valence-electron chi connectivity index (χ1n) is 6.84. The second-order valence-electron chi connectivity index (χ2n) is 4.96. The van der Waals surface area contributed by atoms with Gasteiger partial charge in [0.25, 0.3) is 0 Å². The Morgan fingerprint density at radius 1 is 1.19 bits per heavy atom. The zero-order chi connectivity index (χ0) is 14.9. The molecule has 1 saturated heterocycles. The van der Waals surface area contributed by atoms with Gasteiger partial charge in [0, 0.05) is 29.4 Å². The first-order chi connectivity index (χ1) is 10.2. The number of nitrogens with zero attached hydrogens (tertiary/aromatic N) is 1. The highest BCUT2D eigenvalue weighted by Crippen LogP contribution is 2.38. The van der Waals surface area contributed by atoms with Gasteiger partial charge >= 0.3 is 0 Å². The molecule has 1 aromatic carbocycles. The van der Waals surface area contributed by atoms with Gasteiger partial charge in [0.15, 0.2) is 0 Å². The molecular formula is C15H16BClN2O2. The summed E-state index contributed by atoms with van der Waals surface area (Å²) in [5.74, 6) is -0.0442. The van der Waals surface area contributed by atoms with E-state index < -0.39 is 5.79 Å². The Hall–Kier alpha value is -1.56. The van der Waals surface area contributed by atoms with E-state index >= 15 is 0 Å². The van der Waals surface area contributed by atoms with Crippen LogP contribution in [0.5, 0.6) is 0 Å². The summed E-state index contributed by atoms with van der Waals surface area (Å²) < 4.78 is 11.9. The average molecular weight is 303 g/mol. The SMILES string of the molecule is Bc1cc(C2(c3ccc(Cl)cc3)OCCO2)cnc1NC. The van der Waals surface area contributed by atoms with Crippen molar-refractivity contribution in [3.8, 4) is 0 Å². The molecule has 108 valence electrons. The van der Waals surface area contributed by atoms with E-state index in [0.717, 1.165) is 22.4 Å². The molecule has 0 saturated carbocycles. The summed E-state index contributed by atoms with van der Waals surface area (Å²) in [5, 5.41) is 3.75. The van der Waals surface area contributed by atoms with Crippen molar-refractivity contribution in [2.24, 2.45) is 0 Å². The maximum Gasteiger partial charge on any atom is 0.224 e. The van der Waals surface area contributed by atoms with Gasteiger partial charge in [-0.1, -0.05) is 29.8 Å². The lowest BCUT2D eigenvalue weighted by molar-refractivity contribution is -0.130. The van der Waals surface area contributed by atoms with E-state index in [4.69, 9.17) is 21.1 Å². The normalized spacial score (nSPS) is 16.9. The lowest BCUT2D eigenvalue weighted by Crippen LogP contribution is -2.30. The Morgan fingerprint density at radius 3 is 2.43 bits per heavy atom. The van der Waals surface area contributed by atoms with Gasteiger partial charge in [-0.3, -0.25) is 0 Å². The second-order valence-corrected chi connectivity index (χ2v) is 5.40. The number of halogens is 1. The monoisotopic (exact) mass is 302 g/mol. The van der Waals surface area contributed by atoms with Crippen molar-refractivity contribution < 1.29 is 9.47 Å². The lowest BCUT2D eigenvalue weighted by Gasteiger charge is -2.28. The van der Waals surface area contributed by atoms with Crippen LogP contribution in [0.25, 0.3) is 0 Å². The van der Waals surface area contributed by atoms with Crippen LogP contribution in [0.4, 0.5) is 5.82 Å². The van der Waals surface area contributed by atoms with Gasteiger partial charge in [-0.25, -0.2) is 4.98 Å². The number of ether oxygens (including phenoxy) is 2. The molecule has 6 heteroatoms. The van der Waals surface area contributed by atoms with Crippen LogP contribution >= 0.6 is 11.6 Å². The topological polar surface area (TPSA) is 43.4 Å². The summed E-state index contributed by atoms with van der Waals surface area (Å²) in [6, 6.07) is 9.57. The molecule has 0 amide bonds. The van der Waals surface area contributed by atoms with Crippen LogP contribution < -0.4 is 10.8 Å². The number of benzene rings is 1. The Balaban J connectivity index is 2.09. The van der Waals surface area contributed by atoms with E-state index in [-0.39, 0.29) is 0 Å². The number of hydrogen-bond donors (Lipinski definition) is 1. The largest absolute Gasteiger partial charge is 0.374 e. The molecular weight excluding hydrogens is 286 g/mol. The highest BCUT2D eigenvalue weighted by Gasteiger charge is 2.41. The quantitative estimate of drug-likeness (QED) is 0.868. The van der Waals surface area contributed by atoms with Crippen LogP contribution in [0.2, 0.25) is 5.02 Å². The smallest absolute Gasteiger partial charge is 0.224 e. The number of nitrogens with one attached hydrogen (secondary N) is 1. The van der Waals surface area contributed by atoms with E-state index in [1.165, 1.54) is 0 Å². The minimum absolute atomic E-state index is 0.551. The van der Waals surface area contributed by atoms with Crippen LogP contribution in [0.3, 0.4) is 0 Å². The van der Waals surface area contributed by atoms with Gasteiger partial charge in [-0.2, -0.15) is 0 Å². The van der Waals surface area contributed by atoms with Crippen molar-refractivity contribution in [3.63, 3.8) is 0 Å². The average Bonchev–Trinajstić information content (AvgIpc) is 2.98. The summed E-state index contributed by atoms with van der Waals surface area (Å²) in [6.07, 6.45) is 1.79. The van der Waals surface area contributed by atoms with Gasteiger partial charge in [-0.15, -0.1) is 0 Å². The van der Waals surface area contributed by atoms with Crippen molar-refractivity contribution >= 4 is 30.7 Å². The van der Waals surface area contributed by atoms with E-state index in [2.05, 4.69) is 10.3 Å². The third-order valence-electron chi connectivity index (χ3n) is 3.61. The van der Waals surface area contributed by atoms with Gasteiger partial charge < -0.3 is 14.8 Å². The Kier molecular flexibility index (Phi) is 3.89. The minimum atomic E-state index is -0.894. The fourth-order valence-corrected chi connectivity index (χ4v) is 2.72. The van der Waals surface area contributed by atoms with E-state index in [0.29, 0.717) is 18.2 Å². The van der Waals surface area contributed by atoms with E-state index in [9.17, 15) is 0 Å². The summed E-state index contributed by atoms with van der Waals surface area (Å²) in [7, 11) is 3.86. The molecule has 0 aliphatic carbocycles. The van der Waals surface area contributed by atoms with E-state index in [1.807, 2.05) is 45.2 Å². The van der Waals surface area contributed by atoms with Gasteiger partial charge in [-0.05, 0) is 17.6 Å². The highest BCUT2D eigenvalue weighted by molar-refractivity contribution is 6.35. The Labute approximate surface area is 129 Å². The molecule has 1 aliphatic heterocycles. The summed E-state index contributed by atoms with van der Waals surface area (Å²) in [6.45, 7) is 1.10. The Morgan fingerprint density at radius 2 is 1.86 bits per heavy atom.